The Hall–Kier alpha value is -3.26. The minimum Gasteiger partial charge on any atom is -0.548 e. The number of hydrogen-bond acceptors (Lipinski definition) is 10. The van der Waals surface area contributed by atoms with Gasteiger partial charge in [0.25, 0.3) is 0 Å². The van der Waals surface area contributed by atoms with Crippen LogP contribution in [0.4, 0.5) is 0 Å². The van der Waals surface area contributed by atoms with Gasteiger partial charge in [0.2, 0.25) is 11.8 Å². The molecule has 2 aromatic rings. The molecule has 0 spiro atoms. The summed E-state index contributed by atoms with van der Waals surface area (Å²) in [6, 6.07) is -3.79. The number of rotatable bonds is 10. The topological polar surface area (TPSA) is 248 Å². The molecule has 0 fully saturated rings. The first-order chi connectivity index (χ1) is 15.8. The molecule has 35 heavy (non-hydrogen) atoms. The molecule has 2 aromatic heterocycles. The van der Waals surface area contributed by atoms with Crippen molar-refractivity contribution in [2.24, 2.45) is 11.5 Å². The molecular weight excluding hydrogens is 512 g/mol. The first-order valence-electron chi connectivity index (χ1n) is 10.3. The van der Waals surface area contributed by atoms with Crippen LogP contribution in [0.15, 0.2) is 12.7 Å². The number of imidazole rings is 2. The quantitative estimate of drug-likeness (QED) is 0.158. The van der Waals surface area contributed by atoms with Gasteiger partial charge in [0.15, 0.2) is 0 Å². The number of carbonyl (C=O) groups excluding carboxylic acids is 4. The van der Waals surface area contributed by atoms with Crippen molar-refractivity contribution in [2.75, 3.05) is 0 Å². The maximum absolute atomic E-state index is 11.3. The van der Waals surface area contributed by atoms with Crippen molar-refractivity contribution >= 4 is 23.8 Å². The molecule has 0 bridgehead atoms. The molecule has 14 nitrogen and oxygen atoms in total. The predicted molar refractivity (Wildman–Crippen MR) is 115 cm³/mol. The van der Waals surface area contributed by atoms with Crippen LogP contribution < -0.4 is 32.3 Å². The number of H-pyrrole nitrogens is 2. The summed E-state index contributed by atoms with van der Waals surface area (Å²) >= 11 is 0. The van der Waals surface area contributed by atoms with Crippen LogP contribution in [-0.4, -0.2) is 67.9 Å². The van der Waals surface area contributed by atoms with E-state index in [1.807, 2.05) is 0 Å². The molecule has 2 amide bonds. The van der Waals surface area contributed by atoms with Gasteiger partial charge in [-0.3, -0.25) is 9.59 Å². The Labute approximate surface area is 212 Å². The summed E-state index contributed by atoms with van der Waals surface area (Å²) in [4.78, 5) is 58.0. The number of carboxylic acids is 2. The molecule has 0 saturated carbocycles. The van der Waals surface area contributed by atoms with E-state index in [0.717, 1.165) is 11.4 Å². The third-order valence-electron chi connectivity index (χ3n) is 4.69. The zero-order chi connectivity index (χ0) is 26.0. The summed E-state index contributed by atoms with van der Waals surface area (Å²) in [6.45, 7) is 6.48. The van der Waals surface area contributed by atoms with Crippen molar-refractivity contribution < 1.29 is 46.5 Å². The number of aromatic amines is 2. The molecule has 2 heterocycles. The van der Waals surface area contributed by atoms with E-state index in [-0.39, 0.29) is 29.9 Å². The Morgan fingerprint density at radius 1 is 0.829 bits per heavy atom. The number of carboxylic acid groups (broad SMARTS) is 2. The van der Waals surface area contributed by atoms with E-state index < -0.39 is 47.9 Å². The number of nitrogens with two attached hydrogens (primary N) is 2. The van der Waals surface area contributed by atoms with Crippen molar-refractivity contribution in [3.8, 4) is 0 Å². The monoisotopic (exact) mass is 541 g/mol. The Morgan fingerprint density at radius 3 is 1.34 bits per heavy atom. The van der Waals surface area contributed by atoms with Gasteiger partial charge in [-0.05, 0) is 27.7 Å². The van der Waals surface area contributed by atoms with E-state index in [2.05, 4.69) is 30.6 Å². The van der Waals surface area contributed by atoms with E-state index in [0.29, 0.717) is 11.4 Å². The van der Waals surface area contributed by atoms with Gasteiger partial charge in [0.1, 0.15) is 0 Å². The van der Waals surface area contributed by atoms with Crippen molar-refractivity contribution in [1.82, 2.24) is 30.6 Å². The predicted octanol–water partition coefficient (Wildman–Crippen LogP) is -4.32. The summed E-state index contributed by atoms with van der Waals surface area (Å²) in [5, 5.41) is 26.4. The van der Waals surface area contributed by atoms with Crippen LogP contribution in [0.1, 0.15) is 36.6 Å². The second-order valence-corrected chi connectivity index (χ2v) is 7.69. The minimum atomic E-state index is -1.36. The number of hydrogen-bond donors (Lipinski definition) is 6. The third kappa shape index (κ3) is 10.7. The molecule has 8 N–H and O–H groups in total. The normalized spacial score (nSPS) is 13.7. The molecule has 0 aliphatic carbocycles. The standard InChI is InChI=1S/2C10H16N4O3.Cu/c2*1-5(11)9(15)14-8(10(16)17)3-7-6(2)12-4-13-7;/h2*4-5,8H,3,11H2,1-2H3,(H,12,13)(H,14,15)(H,16,17);/q;;+2/p-2/t2*5-,8-;/m00./s1. The van der Waals surface area contributed by atoms with Crippen LogP contribution in [0, 0.1) is 13.8 Å². The molecule has 2 rings (SSSR count). The minimum absolute atomic E-state index is 0. The molecule has 1 radical (unpaired) electrons. The van der Waals surface area contributed by atoms with Crippen LogP contribution in [0.2, 0.25) is 0 Å². The van der Waals surface area contributed by atoms with Gasteiger partial charge in [0, 0.05) is 24.2 Å². The van der Waals surface area contributed by atoms with Crippen LogP contribution in [0.3, 0.4) is 0 Å². The Bertz CT molecular complexity index is 912. The van der Waals surface area contributed by atoms with Gasteiger partial charge in [0.05, 0.1) is 60.1 Å². The average molecular weight is 542 g/mol. The number of carbonyl (C=O) groups is 4. The number of amides is 2. The number of aryl methyl sites for hydroxylation is 2. The number of aliphatic carboxylic acids is 2. The third-order valence-corrected chi connectivity index (χ3v) is 4.69. The largest absolute Gasteiger partial charge is 2.00 e. The zero-order valence-electron chi connectivity index (χ0n) is 19.7. The van der Waals surface area contributed by atoms with E-state index in [1.54, 1.807) is 13.8 Å². The van der Waals surface area contributed by atoms with E-state index in [9.17, 15) is 29.4 Å². The summed E-state index contributed by atoms with van der Waals surface area (Å²) in [5.41, 5.74) is 13.3. The second-order valence-electron chi connectivity index (χ2n) is 7.69. The number of aromatic nitrogens is 4. The first-order valence-corrected chi connectivity index (χ1v) is 10.3. The first kappa shape index (κ1) is 31.7. The maximum atomic E-state index is 11.3. The molecule has 0 aromatic carbocycles. The fraction of sp³-hybridized carbons (Fsp3) is 0.500. The Kier molecular flexibility index (Phi) is 13.5. The molecular formula is C20H30CuN8O6. The van der Waals surface area contributed by atoms with Gasteiger partial charge in [-0.2, -0.15) is 0 Å². The Balaban J connectivity index is 0.000000642. The van der Waals surface area contributed by atoms with Gasteiger partial charge in [-0.25, -0.2) is 9.97 Å². The van der Waals surface area contributed by atoms with Gasteiger partial charge < -0.3 is 51.9 Å². The van der Waals surface area contributed by atoms with Crippen molar-refractivity contribution in [3.63, 3.8) is 0 Å². The summed E-state index contributed by atoms with van der Waals surface area (Å²) in [6.07, 6.45) is 3.06. The number of nitrogens with zero attached hydrogens (tertiary/aromatic N) is 2. The molecule has 197 valence electrons. The van der Waals surface area contributed by atoms with E-state index in [4.69, 9.17) is 11.5 Å². The molecule has 15 heteroatoms. The second kappa shape index (κ2) is 14.9. The van der Waals surface area contributed by atoms with Crippen molar-refractivity contribution in [2.45, 2.75) is 64.7 Å². The summed E-state index contributed by atoms with van der Waals surface area (Å²) in [5.74, 6) is -3.79. The van der Waals surface area contributed by atoms with Crippen LogP contribution in [-0.2, 0) is 49.1 Å². The summed E-state index contributed by atoms with van der Waals surface area (Å²) in [7, 11) is 0. The van der Waals surface area contributed by atoms with Crippen LogP contribution in [0.25, 0.3) is 0 Å². The molecule has 0 saturated heterocycles. The summed E-state index contributed by atoms with van der Waals surface area (Å²) < 4.78 is 0. The fourth-order valence-corrected chi connectivity index (χ4v) is 2.57. The van der Waals surface area contributed by atoms with Crippen molar-refractivity contribution in [3.05, 3.63) is 35.4 Å². The SMILES string of the molecule is Cc1[nH]cnc1C[C@H](NC(=O)[C@H](C)N)C(=O)[O-].Cc1[nH]cnc1C[C@H](NC(=O)[C@H](C)N)C(=O)[O-].[Cu+2]. The van der Waals surface area contributed by atoms with Gasteiger partial charge in [-0.15, -0.1) is 0 Å². The maximum Gasteiger partial charge on any atom is 2.00 e. The van der Waals surface area contributed by atoms with E-state index >= 15 is 0 Å². The van der Waals surface area contributed by atoms with Crippen LogP contribution >= 0.6 is 0 Å². The smallest absolute Gasteiger partial charge is 0.548 e. The fourth-order valence-electron chi connectivity index (χ4n) is 2.57. The van der Waals surface area contributed by atoms with Crippen LogP contribution in [0.5, 0.6) is 0 Å². The van der Waals surface area contributed by atoms with Gasteiger partial charge >= 0.3 is 17.1 Å². The average Bonchev–Trinajstić information content (AvgIpc) is 3.34. The van der Waals surface area contributed by atoms with E-state index in [1.165, 1.54) is 26.5 Å². The van der Waals surface area contributed by atoms with Crippen molar-refractivity contribution in [1.29, 1.82) is 0 Å². The van der Waals surface area contributed by atoms with Gasteiger partial charge in [-0.1, -0.05) is 0 Å². The molecule has 0 unspecified atom stereocenters. The molecule has 0 aliphatic heterocycles. The molecule has 4 atom stereocenters. The Morgan fingerprint density at radius 2 is 1.14 bits per heavy atom. The number of nitrogens with one attached hydrogen (secondary N) is 4. The zero-order valence-corrected chi connectivity index (χ0v) is 20.6. The molecule has 0 aliphatic rings.